The van der Waals surface area contributed by atoms with Crippen molar-refractivity contribution >= 4 is 17.7 Å². The third kappa shape index (κ3) is 9.43. The molecule has 0 aromatic rings. The monoisotopic (exact) mass is 209 g/mol. The topological polar surface area (TPSA) is 47.6 Å². The highest BCUT2D eigenvalue weighted by atomic mass is 35.5. The number of hydrogen-bond acceptors (Lipinski definition) is 3. The molecule has 0 aliphatic rings. The van der Waals surface area contributed by atoms with E-state index in [1.54, 1.807) is 0 Å². The predicted octanol–water partition coefficient (Wildman–Crippen LogP) is 1.38. The SMILES string of the molecule is CCCNC(=O)OCCOCCCl. The van der Waals surface area contributed by atoms with E-state index >= 15 is 0 Å². The maximum Gasteiger partial charge on any atom is 0.407 e. The van der Waals surface area contributed by atoms with E-state index in [1.165, 1.54) is 0 Å². The molecule has 0 aromatic heterocycles. The van der Waals surface area contributed by atoms with Gasteiger partial charge in [-0.15, -0.1) is 11.6 Å². The van der Waals surface area contributed by atoms with Crippen molar-refractivity contribution in [1.82, 2.24) is 5.32 Å². The Morgan fingerprint density at radius 2 is 2.15 bits per heavy atom. The van der Waals surface area contributed by atoms with E-state index in [4.69, 9.17) is 21.1 Å². The van der Waals surface area contributed by atoms with E-state index in [0.717, 1.165) is 6.42 Å². The summed E-state index contributed by atoms with van der Waals surface area (Å²) in [5.41, 5.74) is 0. The molecule has 4 nitrogen and oxygen atoms in total. The van der Waals surface area contributed by atoms with Crippen molar-refractivity contribution in [2.45, 2.75) is 13.3 Å². The summed E-state index contributed by atoms with van der Waals surface area (Å²) in [6, 6.07) is 0. The van der Waals surface area contributed by atoms with E-state index in [1.807, 2.05) is 6.92 Å². The number of hydrogen-bond donors (Lipinski definition) is 1. The highest BCUT2D eigenvalue weighted by molar-refractivity contribution is 6.17. The highest BCUT2D eigenvalue weighted by Crippen LogP contribution is 1.82. The first-order valence-corrected chi connectivity index (χ1v) is 4.89. The number of rotatable bonds is 7. The van der Waals surface area contributed by atoms with Crippen LogP contribution in [-0.2, 0) is 9.47 Å². The number of carbonyl (C=O) groups excluding carboxylic acids is 1. The summed E-state index contributed by atoms with van der Waals surface area (Å²) in [4.78, 5) is 10.8. The Balaban J connectivity index is 3.08. The third-order valence-electron chi connectivity index (χ3n) is 1.20. The van der Waals surface area contributed by atoms with Gasteiger partial charge in [-0.1, -0.05) is 6.92 Å². The van der Waals surface area contributed by atoms with Gasteiger partial charge in [0.25, 0.3) is 0 Å². The number of halogens is 1. The van der Waals surface area contributed by atoms with Gasteiger partial charge in [0.15, 0.2) is 0 Å². The van der Waals surface area contributed by atoms with E-state index in [2.05, 4.69) is 5.32 Å². The van der Waals surface area contributed by atoms with Crippen LogP contribution in [0.25, 0.3) is 0 Å². The van der Waals surface area contributed by atoms with Crippen molar-refractivity contribution in [2.24, 2.45) is 0 Å². The van der Waals surface area contributed by atoms with Crippen molar-refractivity contribution in [1.29, 1.82) is 0 Å². The fourth-order valence-corrected chi connectivity index (χ4v) is 0.737. The van der Waals surface area contributed by atoms with Crippen molar-refractivity contribution < 1.29 is 14.3 Å². The average Bonchev–Trinajstić information content (AvgIpc) is 2.14. The van der Waals surface area contributed by atoms with Crippen molar-refractivity contribution in [3.8, 4) is 0 Å². The second kappa shape index (κ2) is 9.61. The van der Waals surface area contributed by atoms with Gasteiger partial charge in [0.2, 0.25) is 0 Å². The normalized spacial score (nSPS) is 9.69. The molecule has 0 unspecified atom stereocenters. The molecule has 0 fully saturated rings. The molecule has 0 aliphatic heterocycles. The Kier molecular flexibility index (Phi) is 9.25. The number of amides is 1. The van der Waals surface area contributed by atoms with Crippen LogP contribution in [0.4, 0.5) is 4.79 Å². The molecule has 5 heteroatoms. The quantitative estimate of drug-likeness (QED) is 0.509. The van der Waals surface area contributed by atoms with Crippen LogP contribution >= 0.6 is 11.6 Å². The Morgan fingerprint density at radius 1 is 1.38 bits per heavy atom. The zero-order chi connectivity index (χ0) is 9.94. The molecule has 0 saturated carbocycles. The van der Waals surface area contributed by atoms with Gasteiger partial charge in [0, 0.05) is 12.4 Å². The first-order chi connectivity index (χ1) is 6.31. The number of carbonyl (C=O) groups is 1. The molecule has 0 rings (SSSR count). The average molecular weight is 210 g/mol. The van der Waals surface area contributed by atoms with Gasteiger partial charge < -0.3 is 14.8 Å². The molecule has 0 aliphatic carbocycles. The summed E-state index contributed by atoms with van der Waals surface area (Å²) in [7, 11) is 0. The van der Waals surface area contributed by atoms with Crippen LogP contribution in [-0.4, -0.2) is 38.3 Å². The molecule has 0 radical (unpaired) electrons. The van der Waals surface area contributed by atoms with E-state index in [9.17, 15) is 4.79 Å². The Morgan fingerprint density at radius 3 is 2.77 bits per heavy atom. The molecule has 78 valence electrons. The minimum atomic E-state index is -0.392. The van der Waals surface area contributed by atoms with Crippen molar-refractivity contribution in [3.63, 3.8) is 0 Å². The fraction of sp³-hybridized carbons (Fsp3) is 0.875. The lowest BCUT2D eigenvalue weighted by molar-refractivity contribution is 0.0797. The maximum atomic E-state index is 10.8. The second-order valence-electron chi connectivity index (χ2n) is 2.36. The first-order valence-electron chi connectivity index (χ1n) is 4.35. The molecule has 0 heterocycles. The molecular weight excluding hydrogens is 194 g/mol. The summed E-state index contributed by atoms with van der Waals surface area (Å²) in [6.07, 6.45) is 0.508. The highest BCUT2D eigenvalue weighted by Gasteiger charge is 1.98. The summed E-state index contributed by atoms with van der Waals surface area (Å²) in [5, 5.41) is 2.58. The van der Waals surface area contributed by atoms with Crippen LogP contribution < -0.4 is 5.32 Å². The fourth-order valence-electron chi connectivity index (χ4n) is 0.628. The molecule has 0 saturated heterocycles. The molecule has 0 spiro atoms. The zero-order valence-corrected chi connectivity index (χ0v) is 8.60. The van der Waals surface area contributed by atoms with Gasteiger partial charge in [0.05, 0.1) is 13.2 Å². The largest absolute Gasteiger partial charge is 0.447 e. The number of nitrogens with one attached hydrogen (secondary N) is 1. The number of alkyl carbamates (subject to hydrolysis) is 1. The van der Waals surface area contributed by atoms with E-state index in [-0.39, 0.29) is 6.61 Å². The maximum absolute atomic E-state index is 10.8. The van der Waals surface area contributed by atoms with Gasteiger partial charge >= 0.3 is 6.09 Å². The lowest BCUT2D eigenvalue weighted by Crippen LogP contribution is -2.26. The van der Waals surface area contributed by atoms with Gasteiger partial charge in [0.1, 0.15) is 6.61 Å². The van der Waals surface area contributed by atoms with Gasteiger partial charge in [-0.05, 0) is 6.42 Å². The van der Waals surface area contributed by atoms with Crippen LogP contribution in [0.3, 0.4) is 0 Å². The zero-order valence-electron chi connectivity index (χ0n) is 7.85. The molecule has 0 bridgehead atoms. The molecule has 13 heavy (non-hydrogen) atoms. The molecule has 1 N–H and O–H groups in total. The molecular formula is C8H16ClNO3. The lowest BCUT2D eigenvalue weighted by atomic mass is 10.5. The standard InChI is InChI=1S/C8H16ClNO3/c1-2-4-10-8(11)13-7-6-12-5-3-9/h2-7H2,1H3,(H,10,11). The molecule has 1 amide bonds. The summed E-state index contributed by atoms with van der Waals surface area (Å²) in [5.74, 6) is 0.460. The summed E-state index contributed by atoms with van der Waals surface area (Å²) in [6.45, 7) is 3.77. The number of alkyl halides is 1. The van der Waals surface area contributed by atoms with Gasteiger partial charge in [-0.25, -0.2) is 4.79 Å². The van der Waals surface area contributed by atoms with Crippen molar-refractivity contribution in [3.05, 3.63) is 0 Å². The molecule has 0 atom stereocenters. The second-order valence-corrected chi connectivity index (χ2v) is 2.74. The van der Waals surface area contributed by atoms with Crippen LogP contribution in [0.1, 0.15) is 13.3 Å². The van der Waals surface area contributed by atoms with E-state index in [0.29, 0.717) is 25.6 Å². The Labute approximate surface area is 83.5 Å². The van der Waals surface area contributed by atoms with Gasteiger partial charge in [-0.3, -0.25) is 0 Å². The first kappa shape index (κ1) is 12.5. The lowest BCUT2D eigenvalue weighted by Gasteiger charge is -2.05. The van der Waals surface area contributed by atoms with Crippen LogP contribution in [0.5, 0.6) is 0 Å². The smallest absolute Gasteiger partial charge is 0.407 e. The number of ether oxygens (including phenoxy) is 2. The van der Waals surface area contributed by atoms with Crippen molar-refractivity contribution in [2.75, 3.05) is 32.2 Å². The summed E-state index contributed by atoms with van der Waals surface area (Å²) < 4.78 is 9.77. The molecule has 0 aromatic carbocycles. The minimum absolute atomic E-state index is 0.270. The summed E-state index contributed by atoms with van der Waals surface area (Å²) >= 11 is 5.37. The Bertz CT molecular complexity index is 133. The van der Waals surface area contributed by atoms with E-state index < -0.39 is 6.09 Å². The van der Waals surface area contributed by atoms with Crippen LogP contribution in [0.15, 0.2) is 0 Å². The predicted molar refractivity (Wildman–Crippen MR) is 51.2 cm³/mol. The van der Waals surface area contributed by atoms with Gasteiger partial charge in [-0.2, -0.15) is 0 Å². The third-order valence-corrected chi connectivity index (χ3v) is 1.36. The minimum Gasteiger partial charge on any atom is -0.447 e. The van der Waals surface area contributed by atoms with Crippen LogP contribution in [0.2, 0.25) is 0 Å². The Hall–Kier alpha value is -0.480. The van der Waals surface area contributed by atoms with Crippen LogP contribution in [0, 0.1) is 0 Å².